The molecule has 1 amide bonds. The molecule has 2 heterocycles. The van der Waals surface area contributed by atoms with Gasteiger partial charge in [-0.3, -0.25) is 10.1 Å². The highest BCUT2D eigenvalue weighted by Crippen LogP contribution is 2.30. The van der Waals surface area contributed by atoms with Crippen molar-refractivity contribution in [1.82, 2.24) is 15.0 Å². The Morgan fingerprint density at radius 2 is 2.13 bits per heavy atom. The first-order valence-electron chi connectivity index (χ1n) is 9.95. The number of aromatic nitrogens is 3. The highest BCUT2D eigenvalue weighted by molar-refractivity contribution is 7.15. The van der Waals surface area contributed by atoms with Gasteiger partial charge in [-0.25, -0.2) is 15.0 Å². The number of aromatic amines is 1. The molecule has 1 aromatic carbocycles. The van der Waals surface area contributed by atoms with Gasteiger partial charge in [0.1, 0.15) is 0 Å². The first-order valence-corrected chi connectivity index (χ1v) is 11.6. The summed E-state index contributed by atoms with van der Waals surface area (Å²) >= 11 is 14.2. The second-order valence-corrected chi connectivity index (χ2v) is 9.45. The number of carbonyl (C=O) groups excluding carboxylic acids is 1. The Morgan fingerprint density at radius 1 is 1.27 bits per heavy atom. The van der Waals surface area contributed by atoms with Gasteiger partial charge < -0.3 is 4.98 Å². The minimum Gasteiger partial charge on any atom is -0.322 e. The Hall–Kier alpha value is -2.22. The number of aliphatic imine (C=N–C) groups is 1. The molecule has 2 N–H and O–H groups in total. The second kappa shape index (κ2) is 8.13. The van der Waals surface area contributed by atoms with E-state index in [9.17, 15) is 4.79 Å². The van der Waals surface area contributed by atoms with Crippen molar-refractivity contribution in [2.24, 2.45) is 4.99 Å². The average Bonchev–Trinajstić information content (AvgIpc) is 3.32. The number of alkyl halides is 1. The van der Waals surface area contributed by atoms with Crippen molar-refractivity contribution in [2.75, 3.05) is 5.32 Å². The van der Waals surface area contributed by atoms with Crippen LogP contribution in [0.4, 0.5) is 11.1 Å². The number of H-pyrrole nitrogens is 1. The molecule has 0 fully saturated rings. The van der Waals surface area contributed by atoms with Gasteiger partial charge in [0.15, 0.2) is 5.13 Å². The molecular formula is C21H19Cl2N5OS. The fourth-order valence-electron chi connectivity index (χ4n) is 3.75. The van der Waals surface area contributed by atoms with E-state index in [0.29, 0.717) is 27.4 Å². The van der Waals surface area contributed by atoms with Crippen LogP contribution in [0, 0.1) is 0 Å². The number of benzene rings is 1. The van der Waals surface area contributed by atoms with Gasteiger partial charge >= 0.3 is 0 Å². The number of halogens is 2. The molecule has 30 heavy (non-hydrogen) atoms. The summed E-state index contributed by atoms with van der Waals surface area (Å²) in [6.45, 7) is 0. The Labute approximate surface area is 187 Å². The van der Waals surface area contributed by atoms with Gasteiger partial charge in [0.2, 0.25) is 5.95 Å². The summed E-state index contributed by atoms with van der Waals surface area (Å²) in [6.07, 6.45) is 7.95. The van der Waals surface area contributed by atoms with Crippen LogP contribution in [0.15, 0.2) is 34.3 Å². The number of allylic oxidation sites excluding steroid dienone is 2. The van der Waals surface area contributed by atoms with Crippen LogP contribution in [-0.2, 0) is 12.8 Å². The van der Waals surface area contributed by atoms with Crippen LogP contribution >= 0.6 is 34.5 Å². The van der Waals surface area contributed by atoms with Gasteiger partial charge in [0.25, 0.3) is 5.91 Å². The average molecular weight is 460 g/mol. The summed E-state index contributed by atoms with van der Waals surface area (Å²) in [6, 6.07) is 5.32. The molecular weight excluding hydrogens is 441 g/mol. The fourth-order valence-corrected chi connectivity index (χ4v) is 5.43. The standard InChI is InChI=1S/C21H19Cl2N5OS/c22-12-4-3-5-13(23)18(12)27-20-24-14-9-8-11(10-16(14)25-20)19(29)28-21-26-15-6-1-2-7-17(15)30-21/h4,8-10,13H,1-3,5-7H2,(H,24,25)(H,26,28,29). The molecule has 5 rings (SSSR count). The molecule has 2 aromatic heterocycles. The summed E-state index contributed by atoms with van der Waals surface area (Å²) in [5, 5.41) is 3.92. The van der Waals surface area contributed by atoms with Gasteiger partial charge in [-0.05, 0) is 56.7 Å². The molecule has 0 aliphatic heterocycles. The number of carbonyl (C=O) groups is 1. The summed E-state index contributed by atoms with van der Waals surface area (Å²) in [4.78, 5) is 30.7. The molecule has 0 bridgehead atoms. The molecule has 0 radical (unpaired) electrons. The number of thiazole rings is 1. The van der Waals surface area contributed by atoms with E-state index >= 15 is 0 Å². The van der Waals surface area contributed by atoms with Crippen LogP contribution < -0.4 is 5.32 Å². The van der Waals surface area contributed by atoms with Gasteiger partial charge in [0.05, 0.1) is 32.8 Å². The molecule has 0 spiro atoms. The van der Waals surface area contributed by atoms with Crippen molar-refractivity contribution in [3.8, 4) is 0 Å². The van der Waals surface area contributed by atoms with E-state index in [4.69, 9.17) is 23.2 Å². The van der Waals surface area contributed by atoms with Gasteiger partial charge in [0, 0.05) is 10.4 Å². The zero-order chi connectivity index (χ0) is 20.7. The SMILES string of the molecule is O=C(Nc1nc2c(s1)CCCC2)c1ccc2nc(N=C3C(Cl)=CCCC3Cl)[nH]c2c1. The number of amides is 1. The van der Waals surface area contributed by atoms with E-state index in [1.165, 1.54) is 17.7 Å². The maximum atomic E-state index is 12.7. The number of hydrogen-bond donors (Lipinski definition) is 2. The minimum absolute atomic E-state index is 0.190. The maximum Gasteiger partial charge on any atom is 0.257 e. The maximum absolute atomic E-state index is 12.7. The predicted octanol–water partition coefficient (Wildman–Crippen LogP) is 5.75. The Kier molecular flexibility index (Phi) is 5.35. The van der Waals surface area contributed by atoms with Crippen molar-refractivity contribution < 1.29 is 4.79 Å². The third-order valence-corrected chi connectivity index (χ3v) is 7.15. The number of imidazole rings is 1. The van der Waals surface area contributed by atoms with Crippen LogP contribution in [0.25, 0.3) is 11.0 Å². The van der Waals surface area contributed by atoms with Crippen LogP contribution in [0.2, 0.25) is 0 Å². The van der Waals surface area contributed by atoms with Crippen molar-refractivity contribution >= 4 is 68.3 Å². The molecule has 2 aliphatic rings. The van der Waals surface area contributed by atoms with Crippen LogP contribution in [0.5, 0.6) is 0 Å². The predicted molar refractivity (Wildman–Crippen MR) is 123 cm³/mol. The lowest BCUT2D eigenvalue weighted by Crippen LogP contribution is -2.18. The lowest BCUT2D eigenvalue weighted by atomic mass is 10.0. The zero-order valence-electron chi connectivity index (χ0n) is 16.0. The smallest absolute Gasteiger partial charge is 0.257 e. The molecule has 3 aromatic rings. The number of nitrogens with one attached hydrogen (secondary N) is 2. The van der Waals surface area contributed by atoms with Crippen molar-refractivity contribution in [3.63, 3.8) is 0 Å². The highest BCUT2D eigenvalue weighted by Gasteiger charge is 2.21. The lowest BCUT2D eigenvalue weighted by Gasteiger charge is -2.15. The lowest BCUT2D eigenvalue weighted by molar-refractivity contribution is 0.102. The van der Waals surface area contributed by atoms with E-state index in [-0.39, 0.29) is 11.3 Å². The van der Waals surface area contributed by atoms with E-state index < -0.39 is 0 Å². The van der Waals surface area contributed by atoms with Crippen LogP contribution in [-0.4, -0.2) is 31.9 Å². The van der Waals surface area contributed by atoms with Crippen molar-refractivity contribution in [3.05, 3.63) is 45.4 Å². The first-order chi connectivity index (χ1) is 14.6. The number of fused-ring (bicyclic) bond motifs is 2. The van der Waals surface area contributed by atoms with E-state index in [1.807, 2.05) is 6.08 Å². The van der Waals surface area contributed by atoms with Gasteiger partial charge in [-0.1, -0.05) is 17.7 Å². The first kappa shape index (κ1) is 19.7. The van der Waals surface area contributed by atoms with E-state index in [0.717, 1.165) is 42.4 Å². The van der Waals surface area contributed by atoms with Crippen molar-refractivity contribution in [2.45, 2.75) is 43.9 Å². The molecule has 9 heteroatoms. The fraction of sp³-hybridized carbons (Fsp3) is 0.333. The van der Waals surface area contributed by atoms with E-state index in [1.54, 1.807) is 29.5 Å². The molecule has 2 aliphatic carbocycles. The monoisotopic (exact) mass is 459 g/mol. The molecule has 1 atom stereocenters. The summed E-state index contributed by atoms with van der Waals surface area (Å²) < 4.78 is 0. The molecule has 6 nitrogen and oxygen atoms in total. The number of nitrogens with zero attached hydrogens (tertiary/aromatic N) is 3. The quantitative estimate of drug-likeness (QED) is 0.489. The largest absolute Gasteiger partial charge is 0.322 e. The summed E-state index contributed by atoms with van der Waals surface area (Å²) in [5.41, 5.74) is 3.72. The number of aryl methyl sites for hydroxylation is 2. The highest BCUT2D eigenvalue weighted by atomic mass is 35.5. The summed E-state index contributed by atoms with van der Waals surface area (Å²) in [7, 11) is 0. The number of rotatable bonds is 3. The van der Waals surface area contributed by atoms with Gasteiger partial charge in [-0.15, -0.1) is 22.9 Å². The van der Waals surface area contributed by atoms with E-state index in [2.05, 4.69) is 25.3 Å². The molecule has 154 valence electrons. The molecule has 0 saturated carbocycles. The van der Waals surface area contributed by atoms with Crippen LogP contribution in [0.3, 0.4) is 0 Å². The molecule has 1 unspecified atom stereocenters. The van der Waals surface area contributed by atoms with Gasteiger partial charge in [-0.2, -0.15) is 0 Å². The minimum atomic E-state index is -0.235. The van der Waals surface area contributed by atoms with Crippen LogP contribution in [0.1, 0.15) is 46.6 Å². The molecule has 0 saturated heterocycles. The Bertz CT molecular complexity index is 1170. The van der Waals surface area contributed by atoms with Crippen molar-refractivity contribution in [1.29, 1.82) is 0 Å². The number of anilines is 1. The Morgan fingerprint density at radius 3 is 2.97 bits per heavy atom. The number of hydrogen-bond acceptors (Lipinski definition) is 5. The second-order valence-electron chi connectivity index (χ2n) is 7.44. The zero-order valence-corrected chi connectivity index (χ0v) is 18.4. The normalized spacial score (nSPS) is 20.3. The summed E-state index contributed by atoms with van der Waals surface area (Å²) in [5.74, 6) is 0.230. The third-order valence-electron chi connectivity index (χ3n) is 5.31. The third kappa shape index (κ3) is 3.89. The topological polar surface area (TPSA) is 83.0 Å². The Balaban J connectivity index is 1.38.